The molecule has 2 heteroatoms. The van der Waals surface area contributed by atoms with Crippen LogP contribution in [0.25, 0.3) is 0 Å². The van der Waals surface area contributed by atoms with Crippen LogP contribution in [0.15, 0.2) is 24.3 Å². The van der Waals surface area contributed by atoms with Gasteiger partial charge in [0.2, 0.25) is 0 Å². The highest BCUT2D eigenvalue weighted by Crippen LogP contribution is 2.16. The van der Waals surface area contributed by atoms with Gasteiger partial charge in [-0.2, -0.15) is 0 Å². The largest absolute Gasteiger partial charge is 0.497 e. The molecule has 18 heavy (non-hydrogen) atoms. The van der Waals surface area contributed by atoms with Crippen molar-refractivity contribution >= 4 is 0 Å². The number of rotatable bonds is 8. The van der Waals surface area contributed by atoms with Gasteiger partial charge in [-0.3, -0.25) is 0 Å². The summed E-state index contributed by atoms with van der Waals surface area (Å²) >= 11 is 0. The molecule has 0 bridgehead atoms. The fourth-order valence-electron chi connectivity index (χ4n) is 2.39. The van der Waals surface area contributed by atoms with E-state index in [4.69, 9.17) is 10.5 Å². The zero-order valence-electron chi connectivity index (χ0n) is 12.0. The number of benzene rings is 1. The van der Waals surface area contributed by atoms with Gasteiger partial charge in [0.1, 0.15) is 5.75 Å². The Morgan fingerprint density at radius 1 is 1.17 bits per heavy atom. The minimum absolute atomic E-state index is 0.327. The SMILES string of the molecule is CCCC(C)CC(N)CCc1ccc(OC)cc1. The van der Waals surface area contributed by atoms with Gasteiger partial charge >= 0.3 is 0 Å². The third kappa shape index (κ3) is 5.54. The molecule has 1 rings (SSSR count). The maximum atomic E-state index is 6.18. The molecule has 0 aliphatic heterocycles. The number of hydrogen-bond donors (Lipinski definition) is 1. The summed E-state index contributed by atoms with van der Waals surface area (Å²) in [6.07, 6.45) is 5.82. The number of nitrogens with two attached hydrogens (primary N) is 1. The van der Waals surface area contributed by atoms with Crippen molar-refractivity contribution in [3.8, 4) is 5.75 Å². The van der Waals surface area contributed by atoms with Crippen LogP contribution < -0.4 is 10.5 Å². The van der Waals surface area contributed by atoms with Crippen LogP contribution in [0.5, 0.6) is 5.75 Å². The Balaban J connectivity index is 2.30. The van der Waals surface area contributed by atoms with Gasteiger partial charge in [0.05, 0.1) is 7.11 Å². The smallest absolute Gasteiger partial charge is 0.118 e. The predicted molar refractivity (Wildman–Crippen MR) is 78.0 cm³/mol. The fraction of sp³-hybridized carbons (Fsp3) is 0.625. The van der Waals surface area contributed by atoms with E-state index in [0.717, 1.165) is 30.9 Å². The molecule has 0 aromatic heterocycles. The van der Waals surface area contributed by atoms with Gasteiger partial charge in [-0.1, -0.05) is 38.8 Å². The first kappa shape index (κ1) is 15.0. The topological polar surface area (TPSA) is 35.2 Å². The van der Waals surface area contributed by atoms with Crippen molar-refractivity contribution in [2.24, 2.45) is 11.7 Å². The van der Waals surface area contributed by atoms with E-state index in [9.17, 15) is 0 Å². The molecule has 0 fully saturated rings. The molecule has 2 unspecified atom stereocenters. The Kier molecular flexibility index (Phi) is 6.81. The van der Waals surface area contributed by atoms with Gasteiger partial charge in [-0.25, -0.2) is 0 Å². The van der Waals surface area contributed by atoms with E-state index in [1.807, 2.05) is 12.1 Å². The van der Waals surface area contributed by atoms with Crippen LogP contribution in [-0.4, -0.2) is 13.2 Å². The first-order valence-electron chi connectivity index (χ1n) is 7.04. The minimum atomic E-state index is 0.327. The quantitative estimate of drug-likeness (QED) is 0.761. The zero-order chi connectivity index (χ0) is 13.4. The zero-order valence-corrected chi connectivity index (χ0v) is 12.0. The lowest BCUT2D eigenvalue weighted by atomic mass is 9.94. The normalized spacial score (nSPS) is 14.2. The molecule has 2 nitrogen and oxygen atoms in total. The third-order valence-corrected chi connectivity index (χ3v) is 3.45. The Morgan fingerprint density at radius 3 is 2.39 bits per heavy atom. The van der Waals surface area contributed by atoms with E-state index in [1.165, 1.54) is 18.4 Å². The van der Waals surface area contributed by atoms with Crippen molar-refractivity contribution < 1.29 is 4.74 Å². The summed E-state index contributed by atoms with van der Waals surface area (Å²) in [5, 5.41) is 0. The van der Waals surface area contributed by atoms with Gasteiger partial charge in [-0.05, 0) is 42.9 Å². The van der Waals surface area contributed by atoms with Crippen LogP contribution in [0.4, 0.5) is 0 Å². The molecule has 2 atom stereocenters. The van der Waals surface area contributed by atoms with Crippen molar-refractivity contribution in [3.63, 3.8) is 0 Å². The monoisotopic (exact) mass is 249 g/mol. The maximum absolute atomic E-state index is 6.18. The van der Waals surface area contributed by atoms with Crippen LogP contribution in [0, 0.1) is 5.92 Å². The molecule has 2 N–H and O–H groups in total. The van der Waals surface area contributed by atoms with E-state index < -0.39 is 0 Å². The number of ether oxygens (including phenoxy) is 1. The number of hydrogen-bond acceptors (Lipinski definition) is 2. The van der Waals surface area contributed by atoms with Gasteiger partial charge < -0.3 is 10.5 Å². The number of methoxy groups -OCH3 is 1. The lowest BCUT2D eigenvalue weighted by molar-refractivity contribution is 0.414. The van der Waals surface area contributed by atoms with Crippen molar-refractivity contribution in [2.75, 3.05) is 7.11 Å². The second kappa shape index (κ2) is 8.15. The van der Waals surface area contributed by atoms with E-state index in [1.54, 1.807) is 7.11 Å². The minimum Gasteiger partial charge on any atom is -0.497 e. The summed E-state index contributed by atoms with van der Waals surface area (Å²) in [4.78, 5) is 0. The van der Waals surface area contributed by atoms with Crippen LogP contribution in [0.3, 0.4) is 0 Å². The summed E-state index contributed by atoms with van der Waals surface area (Å²) in [6.45, 7) is 4.54. The molecular weight excluding hydrogens is 222 g/mol. The molecule has 0 aliphatic rings. The Hall–Kier alpha value is -1.02. The molecule has 0 spiro atoms. The highest BCUT2D eigenvalue weighted by Gasteiger charge is 2.08. The van der Waals surface area contributed by atoms with Crippen molar-refractivity contribution in [1.82, 2.24) is 0 Å². The van der Waals surface area contributed by atoms with Crippen LogP contribution in [-0.2, 0) is 6.42 Å². The molecule has 0 amide bonds. The second-order valence-corrected chi connectivity index (χ2v) is 5.28. The van der Waals surface area contributed by atoms with E-state index >= 15 is 0 Å². The fourth-order valence-corrected chi connectivity index (χ4v) is 2.39. The molecule has 1 aromatic rings. The van der Waals surface area contributed by atoms with E-state index in [2.05, 4.69) is 26.0 Å². The lowest BCUT2D eigenvalue weighted by Gasteiger charge is -2.16. The van der Waals surface area contributed by atoms with Gasteiger partial charge in [0.15, 0.2) is 0 Å². The highest BCUT2D eigenvalue weighted by atomic mass is 16.5. The van der Waals surface area contributed by atoms with Crippen LogP contribution in [0.1, 0.15) is 45.1 Å². The van der Waals surface area contributed by atoms with Crippen molar-refractivity contribution in [1.29, 1.82) is 0 Å². The van der Waals surface area contributed by atoms with Gasteiger partial charge in [-0.15, -0.1) is 0 Å². The molecular formula is C16H27NO. The van der Waals surface area contributed by atoms with Crippen LogP contribution >= 0.6 is 0 Å². The molecule has 0 saturated heterocycles. The summed E-state index contributed by atoms with van der Waals surface area (Å²) in [5.41, 5.74) is 7.53. The van der Waals surface area contributed by atoms with Gasteiger partial charge in [0, 0.05) is 6.04 Å². The Labute approximate surface area is 112 Å². The van der Waals surface area contributed by atoms with Crippen molar-refractivity contribution in [2.45, 2.75) is 52.0 Å². The van der Waals surface area contributed by atoms with Crippen molar-refractivity contribution in [3.05, 3.63) is 29.8 Å². The molecule has 0 aliphatic carbocycles. The third-order valence-electron chi connectivity index (χ3n) is 3.45. The highest BCUT2D eigenvalue weighted by molar-refractivity contribution is 5.27. The maximum Gasteiger partial charge on any atom is 0.118 e. The first-order chi connectivity index (χ1) is 8.65. The average Bonchev–Trinajstić information content (AvgIpc) is 2.37. The molecule has 0 radical (unpaired) electrons. The second-order valence-electron chi connectivity index (χ2n) is 5.28. The summed E-state index contributed by atoms with van der Waals surface area (Å²) in [7, 11) is 1.69. The lowest BCUT2D eigenvalue weighted by Crippen LogP contribution is -2.23. The predicted octanol–water partition coefficient (Wildman–Crippen LogP) is 3.78. The van der Waals surface area contributed by atoms with Gasteiger partial charge in [0.25, 0.3) is 0 Å². The Morgan fingerprint density at radius 2 is 1.83 bits per heavy atom. The summed E-state index contributed by atoms with van der Waals surface area (Å²) in [6, 6.07) is 8.61. The van der Waals surface area contributed by atoms with E-state index in [0.29, 0.717) is 6.04 Å². The van der Waals surface area contributed by atoms with Crippen LogP contribution in [0.2, 0.25) is 0 Å². The summed E-state index contributed by atoms with van der Waals surface area (Å²) in [5.74, 6) is 1.67. The average molecular weight is 249 g/mol. The number of aryl methyl sites for hydroxylation is 1. The summed E-state index contributed by atoms with van der Waals surface area (Å²) < 4.78 is 5.15. The molecule has 0 heterocycles. The first-order valence-corrected chi connectivity index (χ1v) is 7.04. The standard InChI is InChI=1S/C16H27NO/c1-4-5-13(2)12-15(17)9-6-14-7-10-16(18-3)11-8-14/h7-8,10-11,13,15H,4-6,9,12,17H2,1-3H3. The molecule has 1 aromatic carbocycles. The Bertz CT molecular complexity index is 320. The molecule has 0 saturated carbocycles. The molecule has 102 valence electrons. The van der Waals surface area contributed by atoms with E-state index in [-0.39, 0.29) is 0 Å².